The van der Waals surface area contributed by atoms with Gasteiger partial charge in [-0.3, -0.25) is 4.79 Å². The highest BCUT2D eigenvalue weighted by atomic mass is 35.5. The zero-order valence-corrected chi connectivity index (χ0v) is 11.8. The number of hydrogen-bond donors (Lipinski definition) is 1. The highest BCUT2D eigenvalue weighted by molar-refractivity contribution is 5.85. The molecule has 1 fully saturated rings. The van der Waals surface area contributed by atoms with Gasteiger partial charge in [0.15, 0.2) is 0 Å². The van der Waals surface area contributed by atoms with Crippen molar-refractivity contribution in [1.29, 1.82) is 0 Å². The van der Waals surface area contributed by atoms with Crippen LogP contribution in [0.3, 0.4) is 0 Å². The third-order valence-electron chi connectivity index (χ3n) is 2.81. The number of amides is 1. The van der Waals surface area contributed by atoms with Crippen LogP contribution in [0.5, 0.6) is 0 Å². The molecule has 0 aromatic heterocycles. The molecule has 2 N–H and O–H groups in total. The van der Waals surface area contributed by atoms with Gasteiger partial charge in [0.1, 0.15) is 0 Å². The molecule has 1 heterocycles. The summed E-state index contributed by atoms with van der Waals surface area (Å²) in [5.74, 6) is 0.533. The van der Waals surface area contributed by atoms with E-state index >= 15 is 0 Å². The Kier molecular flexibility index (Phi) is 7.75. The van der Waals surface area contributed by atoms with Gasteiger partial charge in [0, 0.05) is 19.7 Å². The van der Waals surface area contributed by atoms with Gasteiger partial charge in [0.2, 0.25) is 5.91 Å². The quantitative estimate of drug-likeness (QED) is 0.839. The van der Waals surface area contributed by atoms with E-state index in [0.717, 1.165) is 26.0 Å². The normalized spacial score (nSPS) is 22.9. The Bertz CT molecular complexity index is 237. The second-order valence-electron chi connectivity index (χ2n) is 5.06. The van der Waals surface area contributed by atoms with Crippen LogP contribution in [0.2, 0.25) is 0 Å². The first-order valence-electron chi connectivity index (χ1n) is 6.16. The summed E-state index contributed by atoms with van der Waals surface area (Å²) in [4.78, 5) is 13.9. The predicted molar refractivity (Wildman–Crippen MR) is 71.3 cm³/mol. The van der Waals surface area contributed by atoms with Gasteiger partial charge in [-0.15, -0.1) is 12.4 Å². The van der Waals surface area contributed by atoms with Crippen molar-refractivity contribution in [3.63, 3.8) is 0 Å². The first-order valence-corrected chi connectivity index (χ1v) is 6.16. The number of halogens is 1. The van der Waals surface area contributed by atoms with Crippen molar-refractivity contribution in [3.8, 4) is 0 Å². The Morgan fingerprint density at radius 3 is 2.76 bits per heavy atom. The van der Waals surface area contributed by atoms with E-state index in [0.29, 0.717) is 12.5 Å². The molecule has 0 bridgehead atoms. The monoisotopic (exact) mass is 264 g/mol. The van der Waals surface area contributed by atoms with Crippen molar-refractivity contribution in [3.05, 3.63) is 0 Å². The molecule has 102 valence electrons. The zero-order chi connectivity index (χ0) is 12.1. The van der Waals surface area contributed by atoms with Gasteiger partial charge in [-0.25, -0.2) is 0 Å². The van der Waals surface area contributed by atoms with Crippen LogP contribution in [0.1, 0.15) is 33.6 Å². The standard InChI is InChI=1S/C12H24N2O2.ClH/c1-9(2)7-11(13)12(15)14-5-4-6-16-10(3)8-14;/h9-11H,4-8,13H2,1-3H3;1H/t10?,11-;/m0./s1. The summed E-state index contributed by atoms with van der Waals surface area (Å²) in [5.41, 5.74) is 5.91. The number of hydrogen-bond acceptors (Lipinski definition) is 3. The van der Waals surface area contributed by atoms with Gasteiger partial charge < -0.3 is 15.4 Å². The summed E-state index contributed by atoms with van der Waals surface area (Å²) in [6.07, 6.45) is 1.78. The minimum Gasteiger partial charge on any atom is -0.377 e. The van der Waals surface area contributed by atoms with Crippen molar-refractivity contribution in [1.82, 2.24) is 4.90 Å². The number of ether oxygens (including phenoxy) is 1. The van der Waals surface area contributed by atoms with E-state index in [1.54, 1.807) is 0 Å². The Labute approximate surface area is 110 Å². The molecule has 0 aromatic rings. The van der Waals surface area contributed by atoms with E-state index in [9.17, 15) is 4.79 Å². The molecule has 1 unspecified atom stereocenters. The van der Waals surface area contributed by atoms with E-state index in [4.69, 9.17) is 10.5 Å². The SMILES string of the molecule is CC(C)C[C@H](N)C(=O)N1CCCOC(C)C1.Cl. The van der Waals surface area contributed by atoms with Crippen LogP contribution >= 0.6 is 12.4 Å². The largest absolute Gasteiger partial charge is 0.377 e. The maximum Gasteiger partial charge on any atom is 0.239 e. The van der Waals surface area contributed by atoms with Gasteiger partial charge in [-0.05, 0) is 25.7 Å². The summed E-state index contributed by atoms with van der Waals surface area (Å²) in [6, 6.07) is -0.356. The van der Waals surface area contributed by atoms with Crippen LogP contribution in [-0.4, -0.2) is 42.6 Å². The first kappa shape index (κ1) is 16.7. The Morgan fingerprint density at radius 2 is 2.18 bits per heavy atom. The number of carbonyl (C=O) groups is 1. The van der Waals surface area contributed by atoms with Crippen molar-refractivity contribution >= 4 is 18.3 Å². The summed E-state index contributed by atoms with van der Waals surface area (Å²) in [5, 5.41) is 0. The van der Waals surface area contributed by atoms with Crippen LogP contribution in [0, 0.1) is 5.92 Å². The van der Waals surface area contributed by atoms with Crippen LogP contribution in [0.4, 0.5) is 0 Å². The minimum absolute atomic E-state index is 0. The molecule has 5 heteroatoms. The van der Waals surface area contributed by atoms with Crippen LogP contribution in [0.15, 0.2) is 0 Å². The molecule has 17 heavy (non-hydrogen) atoms. The van der Waals surface area contributed by atoms with Gasteiger partial charge in [-0.1, -0.05) is 13.8 Å². The number of rotatable bonds is 3. The fraction of sp³-hybridized carbons (Fsp3) is 0.917. The molecule has 0 spiro atoms. The van der Waals surface area contributed by atoms with Gasteiger partial charge in [0.25, 0.3) is 0 Å². The Balaban J connectivity index is 0.00000256. The molecule has 0 radical (unpaired) electrons. The van der Waals surface area contributed by atoms with Crippen molar-refractivity contribution in [2.75, 3.05) is 19.7 Å². The third-order valence-corrected chi connectivity index (χ3v) is 2.81. The minimum atomic E-state index is -0.356. The van der Waals surface area contributed by atoms with Gasteiger partial charge in [0.05, 0.1) is 12.1 Å². The van der Waals surface area contributed by atoms with Crippen molar-refractivity contribution < 1.29 is 9.53 Å². The second kappa shape index (κ2) is 7.90. The van der Waals surface area contributed by atoms with E-state index < -0.39 is 0 Å². The van der Waals surface area contributed by atoms with E-state index in [1.807, 2.05) is 11.8 Å². The fourth-order valence-corrected chi connectivity index (χ4v) is 2.04. The number of nitrogens with zero attached hydrogens (tertiary/aromatic N) is 1. The molecule has 0 aromatic carbocycles. The molecule has 1 saturated heterocycles. The zero-order valence-electron chi connectivity index (χ0n) is 11.0. The number of nitrogens with two attached hydrogens (primary N) is 1. The van der Waals surface area contributed by atoms with Crippen molar-refractivity contribution in [2.24, 2.45) is 11.7 Å². The predicted octanol–water partition coefficient (Wildman–Crippen LogP) is 1.42. The average Bonchev–Trinajstić information content (AvgIpc) is 2.40. The van der Waals surface area contributed by atoms with Gasteiger partial charge >= 0.3 is 0 Å². The molecule has 1 aliphatic heterocycles. The molecule has 0 saturated carbocycles. The summed E-state index contributed by atoms with van der Waals surface area (Å²) in [6.45, 7) is 8.35. The second-order valence-corrected chi connectivity index (χ2v) is 5.06. The Hall–Kier alpha value is -0.320. The lowest BCUT2D eigenvalue weighted by Crippen LogP contribution is -2.46. The van der Waals surface area contributed by atoms with E-state index in [2.05, 4.69) is 13.8 Å². The lowest BCUT2D eigenvalue weighted by Gasteiger charge is -2.26. The summed E-state index contributed by atoms with van der Waals surface area (Å²) < 4.78 is 5.51. The molecule has 2 atom stereocenters. The average molecular weight is 265 g/mol. The van der Waals surface area contributed by atoms with Crippen molar-refractivity contribution in [2.45, 2.75) is 45.8 Å². The van der Waals surface area contributed by atoms with Crippen LogP contribution in [-0.2, 0) is 9.53 Å². The molecule has 1 amide bonds. The highest BCUT2D eigenvalue weighted by Gasteiger charge is 2.24. The Morgan fingerprint density at radius 1 is 1.53 bits per heavy atom. The van der Waals surface area contributed by atoms with Crippen LogP contribution in [0.25, 0.3) is 0 Å². The third kappa shape index (κ3) is 5.70. The topological polar surface area (TPSA) is 55.6 Å². The van der Waals surface area contributed by atoms with Gasteiger partial charge in [-0.2, -0.15) is 0 Å². The molecule has 1 rings (SSSR count). The fourth-order valence-electron chi connectivity index (χ4n) is 2.04. The molecular weight excluding hydrogens is 240 g/mol. The maximum absolute atomic E-state index is 12.1. The number of carbonyl (C=O) groups excluding carboxylic acids is 1. The molecule has 0 aliphatic carbocycles. The molecule has 4 nitrogen and oxygen atoms in total. The maximum atomic E-state index is 12.1. The summed E-state index contributed by atoms with van der Waals surface area (Å²) >= 11 is 0. The molecular formula is C12H25ClN2O2. The highest BCUT2D eigenvalue weighted by Crippen LogP contribution is 2.10. The first-order chi connectivity index (χ1) is 7.50. The lowest BCUT2D eigenvalue weighted by atomic mass is 10.0. The van der Waals surface area contributed by atoms with E-state index in [-0.39, 0.29) is 30.5 Å². The van der Waals surface area contributed by atoms with E-state index in [1.165, 1.54) is 0 Å². The smallest absolute Gasteiger partial charge is 0.239 e. The van der Waals surface area contributed by atoms with Crippen LogP contribution < -0.4 is 5.73 Å². The summed E-state index contributed by atoms with van der Waals surface area (Å²) in [7, 11) is 0. The lowest BCUT2D eigenvalue weighted by molar-refractivity contribution is -0.133. The molecule has 1 aliphatic rings.